The van der Waals surface area contributed by atoms with Gasteiger partial charge in [0, 0.05) is 67.8 Å². The number of piperidine rings is 1. The molecule has 2 heterocycles. The fraction of sp³-hybridized carbons (Fsp3) is 0.519. The molecule has 8 heteroatoms. The van der Waals surface area contributed by atoms with E-state index >= 15 is 0 Å². The first kappa shape index (κ1) is 25.9. The molecule has 0 radical (unpaired) electrons. The standard InChI is InChI=1S/C27H34ClF2N3O2/c1-20-14-23(6-7-24(20)28)35-19-27(16-26(34)33-12-10-31(2)11-13-33)8-3-9-32(18-27)17-21-4-5-22(29)15-25(21)30/h4-7,14-15H,3,8-13,16-19H2,1-2H3/t27-/m0/s1. The average Bonchev–Trinajstić information content (AvgIpc) is 2.82. The molecule has 0 unspecified atom stereocenters. The summed E-state index contributed by atoms with van der Waals surface area (Å²) in [5.74, 6) is -0.255. The van der Waals surface area contributed by atoms with Crippen LogP contribution in [-0.2, 0) is 11.3 Å². The number of halogens is 3. The second kappa shape index (κ2) is 11.2. The summed E-state index contributed by atoms with van der Waals surface area (Å²) >= 11 is 6.17. The van der Waals surface area contributed by atoms with Crippen LogP contribution in [0.15, 0.2) is 36.4 Å². The zero-order valence-corrected chi connectivity index (χ0v) is 21.3. The van der Waals surface area contributed by atoms with Gasteiger partial charge < -0.3 is 14.5 Å². The molecule has 0 aromatic heterocycles. The lowest BCUT2D eigenvalue weighted by Gasteiger charge is -2.43. The second-order valence-corrected chi connectivity index (χ2v) is 10.5. The Bertz CT molecular complexity index is 1050. The normalized spacial score (nSPS) is 21.8. The van der Waals surface area contributed by atoms with Crippen molar-refractivity contribution in [2.45, 2.75) is 32.7 Å². The van der Waals surface area contributed by atoms with E-state index in [0.717, 1.165) is 62.9 Å². The van der Waals surface area contributed by atoms with Crippen molar-refractivity contribution in [3.63, 3.8) is 0 Å². The Morgan fingerprint density at radius 3 is 2.57 bits per heavy atom. The number of aryl methyl sites for hydroxylation is 1. The monoisotopic (exact) mass is 505 g/mol. The first-order valence-electron chi connectivity index (χ1n) is 12.2. The molecule has 2 aliphatic heterocycles. The number of hydrogen-bond donors (Lipinski definition) is 0. The third-order valence-electron chi connectivity index (χ3n) is 7.21. The zero-order valence-electron chi connectivity index (χ0n) is 20.5. The molecule has 190 valence electrons. The molecule has 0 bridgehead atoms. The van der Waals surface area contributed by atoms with Crippen LogP contribution in [-0.4, -0.2) is 73.5 Å². The third-order valence-corrected chi connectivity index (χ3v) is 7.63. The number of carbonyl (C=O) groups is 1. The molecule has 4 rings (SSSR count). The number of ether oxygens (including phenoxy) is 1. The number of likely N-dealkylation sites (tertiary alicyclic amines) is 1. The lowest BCUT2D eigenvalue weighted by atomic mass is 9.77. The summed E-state index contributed by atoms with van der Waals surface area (Å²) in [6.45, 7) is 7.29. The van der Waals surface area contributed by atoms with Gasteiger partial charge in [0.2, 0.25) is 5.91 Å². The zero-order chi connectivity index (χ0) is 25.0. The number of amides is 1. The van der Waals surface area contributed by atoms with E-state index in [1.165, 1.54) is 12.1 Å². The van der Waals surface area contributed by atoms with E-state index < -0.39 is 17.0 Å². The summed E-state index contributed by atoms with van der Waals surface area (Å²) in [6.07, 6.45) is 2.11. The van der Waals surface area contributed by atoms with Crippen molar-refractivity contribution in [3.8, 4) is 5.75 Å². The summed E-state index contributed by atoms with van der Waals surface area (Å²) in [5, 5.41) is 0.683. The Hall–Kier alpha value is -2.22. The van der Waals surface area contributed by atoms with Crippen LogP contribution in [0.25, 0.3) is 0 Å². The van der Waals surface area contributed by atoms with Crippen molar-refractivity contribution in [2.75, 3.05) is 52.9 Å². The van der Waals surface area contributed by atoms with Crippen molar-refractivity contribution in [1.29, 1.82) is 0 Å². The highest BCUT2D eigenvalue weighted by Gasteiger charge is 2.40. The van der Waals surface area contributed by atoms with Gasteiger partial charge in [-0.25, -0.2) is 8.78 Å². The van der Waals surface area contributed by atoms with E-state index in [4.69, 9.17) is 16.3 Å². The molecule has 0 spiro atoms. The van der Waals surface area contributed by atoms with E-state index in [1.54, 1.807) is 0 Å². The van der Waals surface area contributed by atoms with Crippen LogP contribution in [0.1, 0.15) is 30.4 Å². The van der Waals surface area contributed by atoms with Crippen LogP contribution in [0.4, 0.5) is 8.78 Å². The van der Waals surface area contributed by atoms with Gasteiger partial charge in [0.15, 0.2) is 0 Å². The summed E-state index contributed by atoms with van der Waals surface area (Å²) < 4.78 is 34.0. The number of hydrogen-bond acceptors (Lipinski definition) is 4. The second-order valence-electron chi connectivity index (χ2n) is 10.1. The van der Waals surface area contributed by atoms with Crippen molar-refractivity contribution >= 4 is 17.5 Å². The average molecular weight is 506 g/mol. The molecule has 2 aromatic rings. The molecule has 2 fully saturated rings. The number of rotatable bonds is 7. The Balaban J connectivity index is 1.51. The molecule has 0 N–H and O–H groups in total. The minimum atomic E-state index is -0.580. The molecule has 1 atom stereocenters. The smallest absolute Gasteiger partial charge is 0.223 e. The number of nitrogens with zero attached hydrogens (tertiary/aromatic N) is 3. The van der Waals surface area contributed by atoms with E-state index in [2.05, 4.69) is 16.8 Å². The minimum Gasteiger partial charge on any atom is -0.493 e. The Morgan fingerprint density at radius 2 is 1.86 bits per heavy atom. The van der Waals surface area contributed by atoms with Gasteiger partial charge in [0.1, 0.15) is 17.4 Å². The van der Waals surface area contributed by atoms with Crippen molar-refractivity contribution < 1.29 is 18.3 Å². The fourth-order valence-corrected chi connectivity index (χ4v) is 5.20. The summed E-state index contributed by atoms with van der Waals surface area (Å²) in [7, 11) is 2.07. The highest BCUT2D eigenvalue weighted by Crippen LogP contribution is 2.36. The van der Waals surface area contributed by atoms with E-state index in [-0.39, 0.29) is 5.91 Å². The topological polar surface area (TPSA) is 36.0 Å². The molecule has 2 aliphatic rings. The lowest BCUT2D eigenvalue weighted by molar-refractivity contribution is -0.137. The van der Waals surface area contributed by atoms with Crippen LogP contribution in [0.5, 0.6) is 5.75 Å². The van der Waals surface area contributed by atoms with Gasteiger partial charge in [-0.05, 0) is 63.2 Å². The van der Waals surface area contributed by atoms with Crippen LogP contribution in [0.3, 0.4) is 0 Å². The third kappa shape index (κ3) is 6.72. The molecular formula is C27H34ClF2N3O2. The predicted octanol–water partition coefficient (Wildman–Crippen LogP) is 4.75. The molecule has 2 aromatic carbocycles. The SMILES string of the molecule is Cc1cc(OC[C@]2(CC(=O)N3CCN(C)CC3)CCCN(Cc3ccc(F)cc3F)C2)ccc1Cl. The van der Waals surface area contributed by atoms with Crippen molar-refractivity contribution in [2.24, 2.45) is 5.41 Å². The summed E-state index contributed by atoms with van der Waals surface area (Å²) in [5.41, 5.74) is 0.994. The van der Waals surface area contributed by atoms with Gasteiger partial charge in [0.05, 0.1) is 6.61 Å². The van der Waals surface area contributed by atoms with Gasteiger partial charge in [0.25, 0.3) is 0 Å². The predicted molar refractivity (Wildman–Crippen MR) is 134 cm³/mol. The molecule has 1 amide bonds. The summed E-state index contributed by atoms with van der Waals surface area (Å²) in [4.78, 5) is 19.7. The van der Waals surface area contributed by atoms with E-state index in [0.29, 0.717) is 36.7 Å². The molecule has 5 nitrogen and oxygen atoms in total. The van der Waals surface area contributed by atoms with Crippen LogP contribution in [0, 0.1) is 24.0 Å². The maximum Gasteiger partial charge on any atom is 0.223 e. The Labute approximate surface area is 211 Å². The van der Waals surface area contributed by atoms with E-state index in [9.17, 15) is 13.6 Å². The number of benzene rings is 2. The Kier molecular flexibility index (Phi) is 8.30. The highest BCUT2D eigenvalue weighted by atomic mass is 35.5. The summed E-state index contributed by atoms with van der Waals surface area (Å²) in [6, 6.07) is 9.29. The van der Waals surface area contributed by atoms with Crippen molar-refractivity contribution in [1.82, 2.24) is 14.7 Å². The molecule has 2 saturated heterocycles. The number of carbonyl (C=O) groups excluding carboxylic acids is 1. The van der Waals surface area contributed by atoms with Crippen LogP contribution in [0.2, 0.25) is 5.02 Å². The quantitative estimate of drug-likeness (QED) is 0.544. The van der Waals surface area contributed by atoms with Crippen LogP contribution < -0.4 is 4.74 Å². The molecule has 0 aliphatic carbocycles. The van der Waals surface area contributed by atoms with E-state index in [1.807, 2.05) is 30.0 Å². The van der Waals surface area contributed by atoms with Gasteiger partial charge >= 0.3 is 0 Å². The first-order valence-corrected chi connectivity index (χ1v) is 12.6. The largest absolute Gasteiger partial charge is 0.493 e. The first-order chi connectivity index (χ1) is 16.7. The molecule has 0 saturated carbocycles. The Morgan fingerprint density at radius 1 is 1.09 bits per heavy atom. The molecule has 35 heavy (non-hydrogen) atoms. The highest BCUT2D eigenvalue weighted by molar-refractivity contribution is 6.31. The van der Waals surface area contributed by atoms with Gasteiger partial charge in [-0.15, -0.1) is 0 Å². The van der Waals surface area contributed by atoms with Crippen molar-refractivity contribution in [3.05, 3.63) is 64.2 Å². The van der Waals surface area contributed by atoms with Crippen LogP contribution >= 0.6 is 11.6 Å². The van der Waals surface area contributed by atoms with Gasteiger partial charge in [-0.1, -0.05) is 17.7 Å². The number of likely N-dealkylation sites (N-methyl/N-ethyl adjacent to an activating group) is 1. The molecular weight excluding hydrogens is 472 g/mol. The fourth-order valence-electron chi connectivity index (χ4n) is 5.08. The van der Waals surface area contributed by atoms with Gasteiger partial charge in [-0.2, -0.15) is 0 Å². The number of piperazine rings is 1. The van der Waals surface area contributed by atoms with Gasteiger partial charge in [-0.3, -0.25) is 9.69 Å². The minimum absolute atomic E-state index is 0.142. The maximum absolute atomic E-state index is 14.4. The lowest BCUT2D eigenvalue weighted by Crippen LogP contribution is -2.52. The maximum atomic E-state index is 14.4.